The molecular weight excluding hydrogens is 1210 g/mol. The van der Waals surface area contributed by atoms with Crippen LogP contribution in [0.1, 0.15) is 296 Å². The van der Waals surface area contributed by atoms with Gasteiger partial charge < -0.3 is 65.1 Å². The smallest absolute Gasteiger partial charge is 0.220 e. The van der Waals surface area contributed by atoms with E-state index in [-0.39, 0.29) is 18.9 Å². The lowest BCUT2D eigenvalue weighted by Crippen LogP contribution is -2.65. The van der Waals surface area contributed by atoms with E-state index in [1.54, 1.807) is 6.08 Å². The molecule has 552 valence electrons. The lowest BCUT2D eigenvalue weighted by atomic mass is 9.97. The van der Waals surface area contributed by atoms with Crippen molar-refractivity contribution in [3.05, 3.63) is 122 Å². The minimum atomic E-state index is -1.80. The van der Waals surface area contributed by atoms with Gasteiger partial charge in [-0.2, -0.15) is 0 Å². The Morgan fingerprint density at radius 1 is 0.385 bits per heavy atom. The molecule has 2 heterocycles. The molecule has 2 saturated heterocycles. The number of hydrogen-bond acceptors (Lipinski definition) is 13. The highest BCUT2D eigenvalue weighted by molar-refractivity contribution is 5.76. The van der Waals surface area contributed by atoms with Crippen LogP contribution >= 0.6 is 0 Å². The monoisotopic (exact) mass is 1350 g/mol. The maximum Gasteiger partial charge on any atom is 0.220 e. The summed E-state index contributed by atoms with van der Waals surface area (Å²) in [5.41, 5.74) is 0. The molecule has 0 aromatic carbocycles. The van der Waals surface area contributed by atoms with Gasteiger partial charge in [0.2, 0.25) is 5.91 Å². The van der Waals surface area contributed by atoms with Gasteiger partial charge >= 0.3 is 0 Å². The van der Waals surface area contributed by atoms with Gasteiger partial charge in [-0.05, 0) is 96.3 Å². The van der Waals surface area contributed by atoms with Crippen molar-refractivity contribution < 1.29 is 64.6 Å². The van der Waals surface area contributed by atoms with E-state index in [0.717, 1.165) is 89.9 Å². The first-order chi connectivity index (χ1) is 47.1. The molecule has 14 heteroatoms. The summed E-state index contributed by atoms with van der Waals surface area (Å²) in [4.78, 5) is 13.4. The molecule has 12 atom stereocenters. The van der Waals surface area contributed by atoms with Gasteiger partial charge in [0.25, 0.3) is 0 Å². The zero-order valence-electron chi connectivity index (χ0n) is 60.3. The fourth-order valence-electron chi connectivity index (χ4n) is 12.0. The quantitative estimate of drug-likeness (QED) is 0.0204. The van der Waals surface area contributed by atoms with Crippen LogP contribution < -0.4 is 5.32 Å². The number of amides is 1. The summed E-state index contributed by atoms with van der Waals surface area (Å²) in [6.45, 7) is 2.69. The Kier molecular flexibility index (Phi) is 59.7. The first-order valence-corrected chi connectivity index (χ1v) is 38.8. The van der Waals surface area contributed by atoms with Crippen molar-refractivity contribution in [1.82, 2.24) is 5.32 Å². The Labute approximate surface area is 584 Å². The molecule has 96 heavy (non-hydrogen) atoms. The van der Waals surface area contributed by atoms with Crippen LogP contribution in [0.3, 0.4) is 0 Å². The third kappa shape index (κ3) is 47.4. The Hall–Kier alpha value is -3.61. The van der Waals surface area contributed by atoms with Crippen LogP contribution in [0, 0.1) is 0 Å². The Morgan fingerprint density at radius 3 is 1.15 bits per heavy atom. The van der Waals surface area contributed by atoms with Crippen LogP contribution in [0.15, 0.2) is 122 Å². The molecule has 0 aromatic rings. The minimum absolute atomic E-state index is 0.251. The molecule has 9 N–H and O–H groups in total. The summed E-state index contributed by atoms with van der Waals surface area (Å²) in [6.07, 6.45) is 78.4. The Balaban J connectivity index is 1.63. The van der Waals surface area contributed by atoms with E-state index < -0.39 is 86.8 Å². The first-order valence-electron chi connectivity index (χ1n) is 38.8. The number of hydrogen-bond donors (Lipinski definition) is 9. The molecule has 2 aliphatic heterocycles. The summed E-state index contributed by atoms with van der Waals surface area (Å²) < 4.78 is 22.9. The predicted molar refractivity (Wildman–Crippen MR) is 396 cm³/mol. The SMILES string of the molecule is CC/C=C\C/C=C\C/C=C\C/C=C\C/C=C\C/C=C\C/C=C\C/C=C\CCCCCCCCCCCCCCCCC(=O)NC(COC1OC(CO)C(OC2OC(CO)C(O)C(O)C2O)C(O)C1O)C(O)/C=C/CC/C=C/CCCCCCCCCCCCCCCCCCC. The van der Waals surface area contributed by atoms with Crippen molar-refractivity contribution in [2.24, 2.45) is 0 Å². The van der Waals surface area contributed by atoms with Crippen molar-refractivity contribution >= 4 is 5.91 Å². The molecule has 0 saturated carbocycles. The van der Waals surface area contributed by atoms with Crippen molar-refractivity contribution in [2.75, 3.05) is 19.8 Å². The van der Waals surface area contributed by atoms with Crippen LogP contribution in [0.2, 0.25) is 0 Å². The molecule has 2 rings (SSSR count). The maximum atomic E-state index is 13.4. The van der Waals surface area contributed by atoms with E-state index in [0.29, 0.717) is 12.8 Å². The highest BCUT2D eigenvalue weighted by Gasteiger charge is 2.51. The van der Waals surface area contributed by atoms with Gasteiger partial charge in [0.1, 0.15) is 48.8 Å². The van der Waals surface area contributed by atoms with Crippen molar-refractivity contribution in [2.45, 2.75) is 370 Å². The second-order valence-corrected chi connectivity index (χ2v) is 26.7. The largest absolute Gasteiger partial charge is 0.394 e. The second-order valence-electron chi connectivity index (χ2n) is 26.7. The lowest BCUT2D eigenvalue weighted by Gasteiger charge is -2.46. The number of rotatable bonds is 63. The molecule has 2 fully saturated rings. The van der Waals surface area contributed by atoms with Crippen LogP contribution in [-0.4, -0.2) is 140 Å². The van der Waals surface area contributed by atoms with Gasteiger partial charge in [-0.1, -0.05) is 315 Å². The normalized spacial score (nSPS) is 22.9. The Bertz CT molecular complexity index is 2080. The molecule has 0 aliphatic carbocycles. The highest BCUT2D eigenvalue weighted by atomic mass is 16.7. The topological polar surface area (TPSA) is 228 Å². The number of carbonyl (C=O) groups excluding carboxylic acids is 1. The van der Waals surface area contributed by atoms with Crippen molar-refractivity contribution in [1.29, 1.82) is 0 Å². The average Bonchev–Trinajstić information content (AvgIpc) is 0.806. The average molecular weight is 1350 g/mol. The van der Waals surface area contributed by atoms with Crippen LogP contribution in [0.4, 0.5) is 0 Å². The number of carbonyl (C=O) groups is 1. The number of nitrogens with one attached hydrogen (secondary N) is 1. The summed E-state index contributed by atoms with van der Waals surface area (Å²) in [7, 11) is 0. The fourth-order valence-corrected chi connectivity index (χ4v) is 12.0. The number of allylic oxidation sites excluding steroid dienone is 19. The summed E-state index contributed by atoms with van der Waals surface area (Å²) in [5.74, 6) is -0.251. The molecule has 2 aliphatic rings. The van der Waals surface area contributed by atoms with Crippen LogP contribution in [-0.2, 0) is 23.7 Å². The standard InChI is InChI=1S/C82H141NO13/c1-3-5-7-9-11-13-15-17-19-21-23-25-27-28-29-30-31-32-33-34-35-36-37-38-39-40-41-42-44-46-48-50-52-54-56-58-60-62-64-66-74(87)83-70(69-93-81-79(92)77(90)80(73(68-85)95-81)96-82-78(91)76(89)75(88)72(67-84)94-82)71(86)65-63-61-59-57-55-53-51-49-47-45-43-26-24-22-20-18-16-14-12-10-8-6-4-2/h5,7,11,13,17,19,23,25,28-29,31-32,34-35,37-38,55,57,63,65,70-73,75-82,84-86,88-92H,3-4,6,8-10,12,14-16,18,20-22,24,26-27,30,33,36,39-54,56,58-62,64,66-69H2,1-2H3,(H,83,87)/b7-5-,13-11-,19-17-,25-23-,29-28-,32-31-,35-34-,38-37-,57-55+,65-63+. The fraction of sp³-hybridized carbons (Fsp3) is 0.744. The van der Waals surface area contributed by atoms with E-state index in [4.69, 9.17) is 18.9 Å². The molecule has 0 radical (unpaired) electrons. The minimum Gasteiger partial charge on any atom is -0.394 e. The Morgan fingerprint density at radius 2 is 0.729 bits per heavy atom. The van der Waals surface area contributed by atoms with Gasteiger partial charge in [-0.25, -0.2) is 0 Å². The highest BCUT2D eigenvalue weighted by Crippen LogP contribution is 2.30. The number of ether oxygens (including phenoxy) is 4. The molecule has 0 spiro atoms. The molecule has 0 bridgehead atoms. The summed E-state index contributed by atoms with van der Waals surface area (Å²) in [6, 6.07) is -0.940. The van der Waals surface area contributed by atoms with Gasteiger partial charge in [0.05, 0.1) is 32.0 Å². The predicted octanol–water partition coefficient (Wildman–Crippen LogP) is 17.2. The van der Waals surface area contributed by atoms with Gasteiger partial charge in [0.15, 0.2) is 12.6 Å². The zero-order chi connectivity index (χ0) is 69.4. The summed E-state index contributed by atoms with van der Waals surface area (Å²) in [5, 5.41) is 87.6. The van der Waals surface area contributed by atoms with Crippen molar-refractivity contribution in [3.63, 3.8) is 0 Å². The molecular formula is C82H141NO13. The second kappa shape index (κ2) is 64.7. The molecule has 14 nitrogen and oxygen atoms in total. The van der Waals surface area contributed by atoms with Crippen LogP contribution in [0.25, 0.3) is 0 Å². The molecule has 12 unspecified atom stereocenters. The third-order valence-corrected chi connectivity index (χ3v) is 18.1. The number of aliphatic hydroxyl groups is 8. The number of unbranched alkanes of at least 4 members (excludes halogenated alkanes) is 32. The van der Waals surface area contributed by atoms with E-state index in [2.05, 4.69) is 129 Å². The van der Waals surface area contributed by atoms with E-state index in [1.165, 1.54) is 173 Å². The summed E-state index contributed by atoms with van der Waals surface area (Å²) >= 11 is 0. The van der Waals surface area contributed by atoms with Gasteiger partial charge in [-0.3, -0.25) is 4.79 Å². The molecule has 1 amide bonds. The van der Waals surface area contributed by atoms with Gasteiger partial charge in [0, 0.05) is 6.42 Å². The third-order valence-electron chi connectivity index (χ3n) is 18.1. The molecule has 0 aromatic heterocycles. The maximum absolute atomic E-state index is 13.4. The van der Waals surface area contributed by atoms with E-state index in [1.807, 2.05) is 6.08 Å². The van der Waals surface area contributed by atoms with Crippen molar-refractivity contribution in [3.8, 4) is 0 Å². The van der Waals surface area contributed by atoms with Gasteiger partial charge in [-0.15, -0.1) is 0 Å². The van der Waals surface area contributed by atoms with Crippen LogP contribution in [0.5, 0.6) is 0 Å². The first kappa shape index (κ1) is 88.5. The van der Waals surface area contributed by atoms with E-state index in [9.17, 15) is 45.6 Å². The lowest BCUT2D eigenvalue weighted by molar-refractivity contribution is -0.359. The number of aliphatic hydroxyl groups excluding tert-OH is 8. The van der Waals surface area contributed by atoms with E-state index >= 15 is 0 Å². The zero-order valence-corrected chi connectivity index (χ0v) is 60.3.